The number of halogens is 4. The number of ether oxygens (including phenoxy) is 1. The van der Waals surface area contributed by atoms with E-state index in [1.807, 2.05) is 0 Å². The van der Waals surface area contributed by atoms with Crippen molar-refractivity contribution < 1.29 is 27.1 Å². The number of pyridine rings is 1. The molecule has 0 spiro atoms. The fourth-order valence-electron chi connectivity index (χ4n) is 2.43. The average Bonchev–Trinajstić information content (AvgIpc) is 2.72. The van der Waals surface area contributed by atoms with Crippen molar-refractivity contribution in [3.05, 3.63) is 71.3 Å². The molecule has 6 nitrogen and oxygen atoms in total. The molecule has 0 saturated heterocycles. The molecule has 3 rings (SSSR count). The second kappa shape index (κ2) is 8.21. The van der Waals surface area contributed by atoms with Crippen LogP contribution < -0.4 is 5.32 Å². The minimum atomic E-state index is -4.71. The fraction of sp³-hybridized carbons (Fsp3) is 0.158. The molecule has 0 fully saturated rings. The third-order valence-electron chi connectivity index (χ3n) is 3.84. The van der Waals surface area contributed by atoms with E-state index >= 15 is 0 Å². The van der Waals surface area contributed by atoms with Crippen LogP contribution in [0.2, 0.25) is 0 Å². The number of hydrogen-bond donors (Lipinski definition) is 1. The highest BCUT2D eigenvalue weighted by Crippen LogP contribution is 2.30. The number of methoxy groups -OCH3 is 1. The molecule has 2 aromatic heterocycles. The Morgan fingerprint density at radius 1 is 1.14 bits per heavy atom. The average molecular weight is 406 g/mol. The molecule has 0 aliphatic rings. The molecular weight excluding hydrogens is 392 g/mol. The smallest absolute Gasteiger partial charge is 0.433 e. The van der Waals surface area contributed by atoms with Crippen LogP contribution in [0, 0.1) is 5.82 Å². The number of esters is 1. The highest BCUT2D eigenvalue weighted by atomic mass is 19.4. The van der Waals surface area contributed by atoms with Gasteiger partial charge in [0.25, 0.3) is 0 Å². The fourth-order valence-corrected chi connectivity index (χ4v) is 2.43. The number of anilines is 1. The molecule has 0 aliphatic heterocycles. The van der Waals surface area contributed by atoms with Crippen LogP contribution in [0.4, 0.5) is 23.4 Å². The first-order valence-corrected chi connectivity index (χ1v) is 8.26. The van der Waals surface area contributed by atoms with Gasteiger partial charge >= 0.3 is 12.1 Å². The second-order valence-corrected chi connectivity index (χ2v) is 5.83. The Morgan fingerprint density at radius 3 is 2.59 bits per heavy atom. The summed E-state index contributed by atoms with van der Waals surface area (Å²) in [5.74, 6) is -1.70. The molecule has 0 saturated carbocycles. The van der Waals surface area contributed by atoms with E-state index in [9.17, 15) is 22.4 Å². The van der Waals surface area contributed by atoms with Crippen LogP contribution in [0.25, 0.3) is 11.5 Å². The minimum Gasteiger partial charge on any atom is -0.465 e. The summed E-state index contributed by atoms with van der Waals surface area (Å²) in [6.07, 6.45) is -3.31. The van der Waals surface area contributed by atoms with Crippen molar-refractivity contribution in [1.82, 2.24) is 15.0 Å². The summed E-state index contributed by atoms with van der Waals surface area (Å²) in [7, 11) is 1.18. The van der Waals surface area contributed by atoms with E-state index in [1.54, 1.807) is 12.1 Å². The van der Waals surface area contributed by atoms with Gasteiger partial charge in [-0.15, -0.1) is 0 Å². The maximum absolute atomic E-state index is 14.0. The Labute approximate surface area is 162 Å². The molecule has 0 unspecified atom stereocenters. The van der Waals surface area contributed by atoms with Gasteiger partial charge in [-0.1, -0.05) is 6.07 Å². The third-order valence-corrected chi connectivity index (χ3v) is 3.84. The lowest BCUT2D eigenvalue weighted by Gasteiger charge is -2.12. The van der Waals surface area contributed by atoms with E-state index in [0.29, 0.717) is 6.07 Å². The molecule has 1 aromatic carbocycles. The van der Waals surface area contributed by atoms with Crippen molar-refractivity contribution in [2.24, 2.45) is 0 Å². The highest BCUT2D eigenvalue weighted by Gasteiger charge is 2.34. The lowest BCUT2D eigenvalue weighted by Crippen LogP contribution is -2.13. The van der Waals surface area contributed by atoms with Gasteiger partial charge in [0.05, 0.1) is 12.7 Å². The van der Waals surface area contributed by atoms with Crippen molar-refractivity contribution in [3.63, 3.8) is 0 Å². The Hall–Kier alpha value is -3.56. The van der Waals surface area contributed by atoms with Gasteiger partial charge < -0.3 is 10.1 Å². The summed E-state index contributed by atoms with van der Waals surface area (Å²) in [4.78, 5) is 23.1. The van der Waals surface area contributed by atoms with Gasteiger partial charge in [0.1, 0.15) is 17.3 Å². The first-order chi connectivity index (χ1) is 13.8. The van der Waals surface area contributed by atoms with E-state index in [2.05, 4.69) is 25.0 Å². The zero-order chi connectivity index (χ0) is 21.0. The zero-order valence-electron chi connectivity index (χ0n) is 15.0. The van der Waals surface area contributed by atoms with Crippen molar-refractivity contribution in [2.45, 2.75) is 12.7 Å². The molecule has 0 amide bonds. The molecular formula is C19H14F4N4O2. The van der Waals surface area contributed by atoms with Gasteiger partial charge in [-0.05, 0) is 30.3 Å². The Balaban J connectivity index is 1.92. The summed E-state index contributed by atoms with van der Waals surface area (Å²) in [5.41, 5.74) is -0.849. The number of carbonyl (C=O) groups excluding carboxylic acids is 1. The maximum atomic E-state index is 14.0. The summed E-state index contributed by atoms with van der Waals surface area (Å²) in [6, 6.07) is 8.95. The minimum absolute atomic E-state index is 0.0551. The SMILES string of the molecule is COC(=O)c1ccc(F)c(CNc2cc(C(F)(F)F)nc(-c3ccccn3)n2)c1. The lowest BCUT2D eigenvalue weighted by molar-refractivity contribution is -0.141. The number of nitrogens with zero attached hydrogens (tertiary/aromatic N) is 3. The number of benzene rings is 1. The van der Waals surface area contributed by atoms with E-state index in [4.69, 9.17) is 0 Å². The summed E-state index contributed by atoms with van der Waals surface area (Å²) in [5, 5.41) is 2.64. The Kier molecular flexibility index (Phi) is 5.71. The second-order valence-electron chi connectivity index (χ2n) is 5.83. The van der Waals surface area contributed by atoms with Crippen LogP contribution in [0.5, 0.6) is 0 Å². The van der Waals surface area contributed by atoms with Crippen LogP contribution in [0.3, 0.4) is 0 Å². The Morgan fingerprint density at radius 2 is 1.93 bits per heavy atom. The number of rotatable bonds is 5. The van der Waals surface area contributed by atoms with Gasteiger partial charge in [-0.25, -0.2) is 19.2 Å². The monoisotopic (exact) mass is 406 g/mol. The highest BCUT2D eigenvalue weighted by molar-refractivity contribution is 5.89. The third kappa shape index (κ3) is 4.84. The van der Waals surface area contributed by atoms with Gasteiger partial charge in [-0.2, -0.15) is 13.2 Å². The first kappa shape index (κ1) is 20.2. The summed E-state index contributed by atoms with van der Waals surface area (Å²) < 4.78 is 58.3. The van der Waals surface area contributed by atoms with Gasteiger partial charge in [-0.3, -0.25) is 4.98 Å². The number of hydrogen-bond acceptors (Lipinski definition) is 6. The molecule has 0 radical (unpaired) electrons. The molecule has 3 aromatic rings. The van der Waals surface area contributed by atoms with Crippen molar-refractivity contribution >= 4 is 11.8 Å². The van der Waals surface area contributed by atoms with Crippen molar-refractivity contribution in [2.75, 3.05) is 12.4 Å². The van der Waals surface area contributed by atoms with E-state index in [-0.39, 0.29) is 35.0 Å². The summed E-state index contributed by atoms with van der Waals surface area (Å²) >= 11 is 0. The topological polar surface area (TPSA) is 77.0 Å². The molecule has 0 aliphatic carbocycles. The quantitative estimate of drug-likeness (QED) is 0.508. The van der Waals surface area contributed by atoms with Gasteiger partial charge in [0.15, 0.2) is 11.5 Å². The first-order valence-electron chi connectivity index (χ1n) is 8.26. The van der Waals surface area contributed by atoms with Crippen molar-refractivity contribution in [1.29, 1.82) is 0 Å². The van der Waals surface area contributed by atoms with Crippen LogP contribution >= 0.6 is 0 Å². The maximum Gasteiger partial charge on any atom is 0.433 e. The van der Waals surface area contributed by atoms with Crippen LogP contribution in [0.1, 0.15) is 21.6 Å². The zero-order valence-corrected chi connectivity index (χ0v) is 15.0. The number of aromatic nitrogens is 3. The lowest BCUT2D eigenvalue weighted by atomic mass is 10.1. The van der Waals surface area contributed by atoms with Crippen LogP contribution in [0.15, 0.2) is 48.7 Å². The predicted molar refractivity (Wildman–Crippen MR) is 95.3 cm³/mol. The van der Waals surface area contributed by atoms with E-state index < -0.39 is 23.7 Å². The molecule has 1 N–H and O–H groups in total. The standard InChI is InChI=1S/C19H14F4N4O2/c1-29-18(28)11-5-6-13(20)12(8-11)10-25-16-9-15(19(21,22)23)26-17(27-16)14-4-2-3-7-24-14/h2-9H,10H2,1H3,(H,25,26,27). The van der Waals surface area contributed by atoms with E-state index in [0.717, 1.165) is 6.07 Å². The van der Waals surface area contributed by atoms with Crippen LogP contribution in [-0.2, 0) is 17.5 Å². The largest absolute Gasteiger partial charge is 0.465 e. The summed E-state index contributed by atoms with van der Waals surface area (Å²) in [6.45, 7) is -0.216. The van der Waals surface area contributed by atoms with Crippen molar-refractivity contribution in [3.8, 4) is 11.5 Å². The number of carbonyl (C=O) groups is 1. The van der Waals surface area contributed by atoms with E-state index in [1.165, 1.54) is 31.5 Å². The number of nitrogens with one attached hydrogen (secondary N) is 1. The molecule has 150 valence electrons. The Bertz CT molecular complexity index is 1030. The normalized spacial score (nSPS) is 11.2. The molecule has 0 bridgehead atoms. The molecule has 29 heavy (non-hydrogen) atoms. The van der Waals surface area contributed by atoms with Crippen LogP contribution in [-0.4, -0.2) is 28.0 Å². The molecule has 0 atom stereocenters. The van der Waals surface area contributed by atoms with Gasteiger partial charge in [0, 0.05) is 24.4 Å². The molecule has 10 heteroatoms. The van der Waals surface area contributed by atoms with Gasteiger partial charge in [0.2, 0.25) is 0 Å². The predicted octanol–water partition coefficient (Wildman–Crippen LogP) is 4.10. The molecule has 2 heterocycles. The number of alkyl halides is 3.